The Morgan fingerprint density at radius 2 is 1.21 bits per heavy atom. The van der Waals surface area contributed by atoms with Crippen molar-refractivity contribution in [3.8, 4) is 0 Å². The second kappa shape index (κ2) is 20.5. The zero-order valence-corrected chi connectivity index (χ0v) is 20.1. The number of amides is 1. The van der Waals surface area contributed by atoms with Crippen LogP contribution in [0.5, 0.6) is 0 Å². The summed E-state index contributed by atoms with van der Waals surface area (Å²) in [6.07, 6.45) is 18.5. The number of carbonyl (C=O) groups excluding carboxylic acids is 2. The van der Waals surface area contributed by atoms with Gasteiger partial charge in [0.1, 0.15) is 6.04 Å². The standard InChI is InChI=1S/C23H46N2O3S/c1-25(2)19-17-15-13-11-9-7-5-4-6-8-10-12-14-16-18-22(26)24-21(20-29)23(27)28-3/h21,29H,4-20H2,1-3H3,(H,24,26). The van der Waals surface area contributed by atoms with Crippen LogP contribution < -0.4 is 5.32 Å². The van der Waals surface area contributed by atoms with Crippen LogP contribution in [0.3, 0.4) is 0 Å². The third-order valence-corrected chi connectivity index (χ3v) is 5.63. The highest BCUT2D eigenvalue weighted by Crippen LogP contribution is 2.13. The number of nitrogens with one attached hydrogen (secondary N) is 1. The number of nitrogens with zero attached hydrogens (tertiary/aromatic N) is 1. The average molecular weight is 431 g/mol. The number of unbranched alkanes of at least 4 members (excludes halogenated alkanes) is 13. The Morgan fingerprint density at radius 1 is 0.793 bits per heavy atom. The summed E-state index contributed by atoms with van der Waals surface area (Å²) < 4.78 is 4.64. The van der Waals surface area contributed by atoms with Crippen LogP contribution in [0.25, 0.3) is 0 Å². The van der Waals surface area contributed by atoms with Crippen molar-refractivity contribution in [3.05, 3.63) is 0 Å². The van der Waals surface area contributed by atoms with Gasteiger partial charge in [-0.15, -0.1) is 0 Å². The predicted molar refractivity (Wildman–Crippen MR) is 126 cm³/mol. The molecule has 1 amide bonds. The number of methoxy groups -OCH3 is 1. The third-order valence-electron chi connectivity index (χ3n) is 5.26. The van der Waals surface area contributed by atoms with E-state index in [1.807, 2.05) is 0 Å². The first-order chi connectivity index (χ1) is 14.0. The van der Waals surface area contributed by atoms with Crippen LogP contribution >= 0.6 is 12.6 Å². The summed E-state index contributed by atoms with van der Waals surface area (Å²) in [5, 5.41) is 2.68. The van der Waals surface area contributed by atoms with E-state index >= 15 is 0 Å². The van der Waals surface area contributed by atoms with Gasteiger partial charge >= 0.3 is 5.97 Å². The molecule has 0 aliphatic carbocycles. The van der Waals surface area contributed by atoms with E-state index in [0.29, 0.717) is 6.42 Å². The Morgan fingerprint density at radius 3 is 1.59 bits per heavy atom. The maximum Gasteiger partial charge on any atom is 0.329 e. The van der Waals surface area contributed by atoms with Gasteiger partial charge in [-0.25, -0.2) is 4.79 Å². The summed E-state index contributed by atoms with van der Waals surface area (Å²) in [5.41, 5.74) is 0. The molecule has 0 aromatic carbocycles. The lowest BCUT2D eigenvalue weighted by molar-refractivity contribution is -0.144. The molecule has 5 nitrogen and oxygen atoms in total. The van der Waals surface area contributed by atoms with Crippen LogP contribution in [0.15, 0.2) is 0 Å². The maximum absolute atomic E-state index is 11.8. The minimum Gasteiger partial charge on any atom is -0.467 e. The number of ether oxygens (including phenoxy) is 1. The maximum atomic E-state index is 11.8. The smallest absolute Gasteiger partial charge is 0.329 e. The first kappa shape index (κ1) is 28.2. The van der Waals surface area contributed by atoms with E-state index in [4.69, 9.17) is 0 Å². The molecule has 0 aromatic heterocycles. The molecular formula is C23H46N2O3S. The number of hydrogen-bond acceptors (Lipinski definition) is 5. The molecule has 1 unspecified atom stereocenters. The molecule has 0 aliphatic heterocycles. The highest BCUT2D eigenvalue weighted by molar-refractivity contribution is 7.80. The predicted octanol–water partition coefficient (Wildman–Crippen LogP) is 4.99. The van der Waals surface area contributed by atoms with Gasteiger partial charge in [0.15, 0.2) is 0 Å². The second-order valence-corrected chi connectivity index (χ2v) is 8.69. The Hall–Kier alpha value is -0.750. The summed E-state index contributed by atoms with van der Waals surface area (Å²) in [4.78, 5) is 25.5. The zero-order valence-electron chi connectivity index (χ0n) is 19.2. The fraction of sp³-hybridized carbons (Fsp3) is 0.913. The Balaban J connectivity index is 3.31. The Labute approximate surface area is 185 Å². The number of carbonyl (C=O) groups is 2. The average Bonchev–Trinajstić information content (AvgIpc) is 2.70. The van der Waals surface area contributed by atoms with Gasteiger partial charge in [0.05, 0.1) is 7.11 Å². The van der Waals surface area contributed by atoms with Crippen molar-refractivity contribution in [2.75, 3.05) is 33.5 Å². The van der Waals surface area contributed by atoms with Gasteiger partial charge in [-0.3, -0.25) is 4.79 Å². The highest BCUT2D eigenvalue weighted by atomic mass is 32.1. The van der Waals surface area contributed by atoms with Crippen LogP contribution in [-0.4, -0.2) is 56.3 Å². The number of esters is 1. The van der Waals surface area contributed by atoms with Crippen molar-refractivity contribution in [1.29, 1.82) is 0 Å². The lowest BCUT2D eigenvalue weighted by atomic mass is 10.0. The molecule has 172 valence electrons. The van der Waals surface area contributed by atoms with Gasteiger partial charge in [0, 0.05) is 12.2 Å². The van der Waals surface area contributed by atoms with Gasteiger partial charge in [0.25, 0.3) is 0 Å². The molecule has 1 N–H and O–H groups in total. The lowest BCUT2D eigenvalue weighted by Gasteiger charge is -2.13. The summed E-state index contributed by atoms with van der Waals surface area (Å²) in [6, 6.07) is -0.640. The molecule has 6 heteroatoms. The van der Waals surface area contributed by atoms with E-state index in [-0.39, 0.29) is 11.7 Å². The van der Waals surface area contributed by atoms with E-state index in [1.165, 1.54) is 90.7 Å². The van der Waals surface area contributed by atoms with E-state index in [2.05, 4.69) is 41.7 Å². The van der Waals surface area contributed by atoms with E-state index in [1.54, 1.807) is 0 Å². The zero-order chi connectivity index (χ0) is 21.7. The molecular weight excluding hydrogens is 384 g/mol. The van der Waals surface area contributed by atoms with Crippen LogP contribution in [-0.2, 0) is 14.3 Å². The van der Waals surface area contributed by atoms with E-state index in [9.17, 15) is 9.59 Å². The molecule has 0 saturated heterocycles. The Bertz CT molecular complexity index is 406. The summed E-state index contributed by atoms with van der Waals surface area (Å²) in [5.74, 6) is -0.268. The molecule has 0 bridgehead atoms. The van der Waals surface area contributed by atoms with Crippen molar-refractivity contribution in [2.45, 2.75) is 102 Å². The van der Waals surface area contributed by atoms with Gasteiger partial charge < -0.3 is 15.0 Å². The van der Waals surface area contributed by atoms with Gasteiger partial charge in [0.2, 0.25) is 5.91 Å². The second-order valence-electron chi connectivity index (χ2n) is 8.33. The lowest BCUT2D eigenvalue weighted by Crippen LogP contribution is -2.42. The molecule has 0 radical (unpaired) electrons. The summed E-state index contributed by atoms with van der Waals surface area (Å²) in [6.45, 7) is 1.22. The molecule has 0 rings (SSSR count). The highest BCUT2D eigenvalue weighted by Gasteiger charge is 2.19. The molecule has 0 heterocycles. The van der Waals surface area contributed by atoms with Crippen LogP contribution in [0.1, 0.15) is 96.3 Å². The minimum atomic E-state index is -0.640. The normalized spacial score (nSPS) is 12.2. The number of rotatable bonds is 20. The molecule has 0 spiro atoms. The number of thiol groups is 1. The van der Waals surface area contributed by atoms with Crippen LogP contribution in [0, 0.1) is 0 Å². The minimum absolute atomic E-state index is 0.0906. The van der Waals surface area contributed by atoms with Gasteiger partial charge in [-0.05, 0) is 33.5 Å². The molecule has 0 saturated carbocycles. The van der Waals surface area contributed by atoms with E-state index < -0.39 is 12.0 Å². The fourth-order valence-corrected chi connectivity index (χ4v) is 3.66. The van der Waals surface area contributed by atoms with Crippen molar-refractivity contribution in [1.82, 2.24) is 10.2 Å². The van der Waals surface area contributed by atoms with Gasteiger partial charge in [-0.1, -0.05) is 77.0 Å². The molecule has 0 aliphatic rings. The van der Waals surface area contributed by atoms with Crippen molar-refractivity contribution in [3.63, 3.8) is 0 Å². The van der Waals surface area contributed by atoms with Gasteiger partial charge in [-0.2, -0.15) is 12.6 Å². The molecule has 0 fully saturated rings. The van der Waals surface area contributed by atoms with Crippen LogP contribution in [0.4, 0.5) is 0 Å². The summed E-state index contributed by atoms with van der Waals surface area (Å²) >= 11 is 4.07. The molecule has 0 aromatic rings. The summed E-state index contributed by atoms with van der Waals surface area (Å²) in [7, 11) is 5.61. The number of hydrogen-bond donors (Lipinski definition) is 2. The van der Waals surface area contributed by atoms with Crippen LogP contribution in [0.2, 0.25) is 0 Å². The first-order valence-electron chi connectivity index (χ1n) is 11.6. The SMILES string of the molecule is COC(=O)C(CS)NC(=O)CCCCCCCCCCCCCCCCN(C)C. The third kappa shape index (κ3) is 19.0. The molecule has 29 heavy (non-hydrogen) atoms. The Kier molecular flexibility index (Phi) is 20.0. The van der Waals surface area contributed by atoms with E-state index in [0.717, 1.165) is 12.8 Å². The molecule has 1 atom stereocenters. The van der Waals surface area contributed by atoms with Crippen molar-refractivity contribution < 1.29 is 14.3 Å². The van der Waals surface area contributed by atoms with Crippen molar-refractivity contribution in [2.24, 2.45) is 0 Å². The largest absolute Gasteiger partial charge is 0.467 e. The monoisotopic (exact) mass is 430 g/mol. The quantitative estimate of drug-likeness (QED) is 0.162. The fourth-order valence-electron chi connectivity index (χ4n) is 3.42. The van der Waals surface area contributed by atoms with Crippen molar-refractivity contribution >= 4 is 24.5 Å². The first-order valence-corrected chi connectivity index (χ1v) is 12.3. The topological polar surface area (TPSA) is 58.6 Å².